The zero-order valence-electron chi connectivity index (χ0n) is 48.0. The van der Waals surface area contributed by atoms with Gasteiger partial charge < -0.3 is 59.9 Å². The molecule has 0 bridgehead atoms. The molecule has 0 saturated carbocycles. The van der Waals surface area contributed by atoms with Gasteiger partial charge in [0, 0.05) is 45.5 Å². The molecule has 24 heteroatoms. The van der Waals surface area contributed by atoms with Crippen LogP contribution in [0.3, 0.4) is 0 Å². The van der Waals surface area contributed by atoms with E-state index in [0.29, 0.717) is 84.5 Å². The average Bonchev–Trinajstić information content (AvgIpc) is 2.42. The summed E-state index contributed by atoms with van der Waals surface area (Å²) in [4.78, 5) is 42.7. The number of halogens is 1. The Morgan fingerprint density at radius 1 is 0.614 bits per heavy atom. The second kappa shape index (κ2) is 24.1. The van der Waals surface area contributed by atoms with Crippen LogP contribution in [0.15, 0.2) is 136 Å². The van der Waals surface area contributed by atoms with Crippen LogP contribution < -0.4 is 50.8 Å². The van der Waals surface area contributed by atoms with Gasteiger partial charge in [-0.3, -0.25) is 14.1 Å². The molecule has 4 aromatic carbocycles. The van der Waals surface area contributed by atoms with Crippen molar-refractivity contribution in [1.29, 1.82) is 0 Å². The molecule has 0 spiro atoms. The van der Waals surface area contributed by atoms with E-state index in [-0.39, 0.29) is 70.2 Å². The molecule has 10 rings (SSSR count). The van der Waals surface area contributed by atoms with Crippen LogP contribution in [0.4, 0.5) is 23.0 Å². The number of anilines is 4. The van der Waals surface area contributed by atoms with Crippen LogP contribution in [0.25, 0.3) is 56.0 Å². The molecule has 0 aliphatic carbocycles. The number of sulfone groups is 1. The third-order valence-corrected chi connectivity index (χ3v) is 15.1. The molecule has 6 N–H and O–H groups in total. The first-order chi connectivity index (χ1) is 38.7. The Morgan fingerprint density at radius 2 is 1.01 bits per heavy atom. The monoisotopic (exact) mass is 1260 g/mol. The molecule has 6 aromatic heterocycles. The quantitative estimate of drug-likeness (QED) is 0.0498. The van der Waals surface area contributed by atoms with E-state index >= 15 is 0 Å². The van der Waals surface area contributed by atoms with Crippen molar-refractivity contribution < 1.29 is 60.2 Å². The summed E-state index contributed by atoms with van der Waals surface area (Å²) in [5.41, 5.74) is 19.8. The number of quaternary nitrogens is 1. The number of hydrogen-bond donors (Lipinski definition) is 4. The van der Waals surface area contributed by atoms with Gasteiger partial charge in [-0.2, -0.15) is 10.2 Å². The normalized spacial score (nSPS) is 12.0. The number of carbonyl (C=O) groups is 2. The molecule has 2 amide bonds. The molecular formula is C59H66IN15O7S. The molecule has 0 atom stereocenters. The van der Waals surface area contributed by atoms with Crippen molar-refractivity contribution in [1.82, 2.24) is 49.8 Å². The maximum atomic E-state index is 12.6. The molecule has 10 aromatic rings. The Hall–Kier alpha value is -8.62. The topological polar surface area (TPSA) is 293 Å². The molecule has 0 aliphatic heterocycles. The number of amides is 2. The van der Waals surface area contributed by atoms with Crippen molar-refractivity contribution in [2.24, 2.45) is 0 Å². The second-order valence-electron chi connectivity index (χ2n) is 23.1. The van der Waals surface area contributed by atoms with Gasteiger partial charge in [0.2, 0.25) is 18.5 Å². The third kappa shape index (κ3) is 14.0. The SMILES string of the molecule is CC(C)(C)c1cc(CC(=O)Nc2ccc(-n3nc(-c4ccc(OC[N+](C)(C)C)cc4)c4c(N)ncnc43)cc2)no1.CC(C)S(=O)(=O)c1ccc(-c2nn(-c3ccc(NC(=O)Cc4cc(C(C)(C)C)on4)cc3)c3ncnc(N)c23)cc1.[I-]. The van der Waals surface area contributed by atoms with Crippen molar-refractivity contribution in [3.63, 3.8) is 0 Å². The summed E-state index contributed by atoms with van der Waals surface area (Å²) in [5, 5.41) is 24.1. The Kier molecular flexibility index (Phi) is 17.5. The molecule has 0 radical (unpaired) electrons. The maximum absolute atomic E-state index is 12.6. The predicted molar refractivity (Wildman–Crippen MR) is 314 cm³/mol. The summed E-state index contributed by atoms with van der Waals surface area (Å²) < 4.78 is 45.8. The highest BCUT2D eigenvalue weighted by molar-refractivity contribution is 7.92. The van der Waals surface area contributed by atoms with Crippen molar-refractivity contribution in [3.8, 4) is 39.6 Å². The van der Waals surface area contributed by atoms with Gasteiger partial charge >= 0.3 is 0 Å². The first-order valence-electron chi connectivity index (χ1n) is 26.3. The van der Waals surface area contributed by atoms with Gasteiger partial charge in [-0.1, -0.05) is 64.0 Å². The smallest absolute Gasteiger partial charge is 0.230 e. The van der Waals surface area contributed by atoms with Crippen LogP contribution in [0.5, 0.6) is 5.75 Å². The van der Waals surface area contributed by atoms with E-state index in [0.717, 1.165) is 28.5 Å². The van der Waals surface area contributed by atoms with Crippen LogP contribution in [0, 0.1) is 0 Å². The van der Waals surface area contributed by atoms with Gasteiger partial charge in [-0.15, -0.1) is 0 Å². The van der Waals surface area contributed by atoms with E-state index in [1.54, 1.807) is 77.8 Å². The molecule has 6 heterocycles. The molecule has 0 aliphatic rings. The van der Waals surface area contributed by atoms with E-state index in [1.807, 2.05) is 96.1 Å². The molecule has 0 unspecified atom stereocenters. The minimum absolute atomic E-state index is 0. The summed E-state index contributed by atoms with van der Waals surface area (Å²) in [5.74, 6) is 2.41. The van der Waals surface area contributed by atoms with Gasteiger partial charge in [0.1, 0.15) is 52.9 Å². The molecule has 83 heavy (non-hydrogen) atoms. The van der Waals surface area contributed by atoms with Crippen LogP contribution in [-0.2, 0) is 43.1 Å². The summed E-state index contributed by atoms with van der Waals surface area (Å²) in [6.45, 7) is 16.0. The van der Waals surface area contributed by atoms with Crippen molar-refractivity contribution in [2.45, 2.75) is 89.2 Å². The first-order valence-corrected chi connectivity index (χ1v) is 27.9. The van der Waals surface area contributed by atoms with E-state index in [4.69, 9.17) is 35.4 Å². The number of benzene rings is 4. The van der Waals surface area contributed by atoms with Crippen molar-refractivity contribution in [2.75, 3.05) is 50.0 Å². The lowest BCUT2D eigenvalue weighted by atomic mass is 9.93. The van der Waals surface area contributed by atoms with Gasteiger partial charge in [0.15, 0.2) is 21.1 Å². The Labute approximate surface area is 497 Å². The lowest BCUT2D eigenvalue weighted by Gasteiger charge is -2.23. The number of carbonyl (C=O) groups excluding carboxylic acids is 2. The van der Waals surface area contributed by atoms with Crippen molar-refractivity contribution >= 4 is 66.7 Å². The molecule has 0 fully saturated rings. The highest BCUT2D eigenvalue weighted by Crippen LogP contribution is 2.35. The fourth-order valence-corrected chi connectivity index (χ4v) is 9.43. The van der Waals surface area contributed by atoms with Crippen LogP contribution >= 0.6 is 0 Å². The Balaban J connectivity index is 0.000000214. The number of nitrogen functional groups attached to an aromatic ring is 2. The average molecular weight is 1260 g/mol. The number of nitrogens with one attached hydrogen (secondary N) is 2. The summed E-state index contributed by atoms with van der Waals surface area (Å²) in [6.07, 6.45) is 2.98. The number of fused-ring (bicyclic) bond motifs is 2. The summed E-state index contributed by atoms with van der Waals surface area (Å²) in [7, 11) is 2.79. The summed E-state index contributed by atoms with van der Waals surface area (Å²) >= 11 is 0. The highest BCUT2D eigenvalue weighted by atomic mass is 127. The maximum Gasteiger partial charge on any atom is 0.230 e. The van der Waals surface area contributed by atoms with Crippen LogP contribution in [-0.4, -0.2) is 108 Å². The van der Waals surface area contributed by atoms with E-state index < -0.39 is 15.1 Å². The van der Waals surface area contributed by atoms with Gasteiger partial charge in [-0.25, -0.2) is 37.7 Å². The largest absolute Gasteiger partial charge is 1.00 e. The standard InChI is InChI=1S/C30H34N8O3.C29H31N7O4S.HI/c1-30(2,3)24-15-21(36-41-24)16-25(39)34-20-9-11-22(12-10-20)37-29-26(28(31)32-17-33-29)27(35-37)19-7-13-23(14-8-19)40-18-38(4,5)6;1-17(2)41(38,39)22-12-6-18(7-13-22)26-25-27(30)31-16-32-28(25)36(34-26)21-10-8-19(9-11-21)33-24(37)15-20-14-23(40-35-20)29(3,4)5;/h7-15,17H,16,18H2,1-6H3,(H2-,31,32,33,34,35,39);6-14,16-17H,15H2,1-5H3,(H,33,37)(H2,30,31,32);1H. The van der Waals surface area contributed by atoms with Gasteiger partial charge in [-0.05, 0) is 98.8 Å². The second-order valence-corrected chi connectivity index (χ2v) is 25.6. The number of aromatic nitrogens is 10. The van der Waals surface area contributed by atoms with E-state index in [1.165, 1.54) is 12.7 Å². The fourth-order valence-electron chi connectivity index (χ4n) is 8.37. The lowest BCUT2D eigenvalue weighted by molar-refractivity contribution is -0.886. The molecule has 22 nitrogen and oxygen atoms in total. The Bertz CT molecular complexity index is 4040. The van der Waals surface area contributed by atoms with E-state index in [2.05, 4.69) is 62.0 Å². The number of rotatable bonds is 15. The summed E-state index contributed by atoms with van der Waals surface area (Å²) in [6, 6.07) is 32.4. The zero-order chi connectivity index (χ0) is 58.9. The molecule has 432 valence electrons. The van der Waals surface area contributed by atoms with Gasteiger partial charge in [0.25, 0.3) is 0 Å². The number of nitrogens with zero attached hydrogens (tertiary/aromatic N) is 11. The number of hydrogen-bond acceptors (Lipinski definition) is 17. The zero-order valence-corrected chi connectivity index (χ0v) is 50.9. The number of ether oxygens (including phenoxy) is 1. The Morgan fingerprint density at radius 3 is 1.37 bits per heavy atom. The minimum Gasteiger partial charge on any atom is -1.00 e. The predicted octanol–water partition coefficient (Wildman–Crippen LogP) is 6.29. The van der Waals surface area contributed by atoms with Crippen LogP contribution in [0.2, 0.25) is 0 Å². The first kappa shape index (κ1) is 60.5. The highest BCUT2D eigenvalue weighted by Gasteiger charge is 2.25. The third-order valence-electron chi connectivity index (χ3n) is 12.9. The van der Waals surface area contributed by atoms with Crippen molar-refractivity contribution in [3.05, 3.63) is 145 Å². The fraction of sp³-hybridized carbons (Fsp3) is 0.288. The number of nitrogens with two attached hydrogens (primary N) is 2. The van der Waals surface area contributed by atoms with Gasteiger partial charge in [0.05, 0.1) is 77.7 Å². The lowest BCUT2D eigenvalue weighted by Crippen LogP contribution is -3.00. The van der Waals surface area contributed by atoms with E-state index in [9.17, 15) is 18.0 Å². The molecular weight excluding hydrogens is 1190 g/mol. The minimum atomic E-state index is -3.41. The molecule has 0 saturated heterocycles. The van der Waals surface area contributed by atoms with Crippen LogP contribution in [0.1, 0.15) is 78.3 Å².